The van der Waals surface area contributed by atoms with Crippen molar-refractivity contribution in [1.29, 1.82) is 0 Å². The summed E-state index contributed by atoms with van der Waals surface area (Å²) in [6, 6.07) is 5.15. The van der Waals surface area contributed by atoms with Crippen molar-refractivity contribution in [3.05, 3.63) is 35.5 Å². The highest BCUT2D eigenvalue weighted by Crippen LogP contribution is 2.29. The van der Waals surface area contributed by atoms with E-state index in [1.54, 1.807) is 18.2 Å². The molecular weight excluding hydrogens is 296 g/mol. The van der Waals surface area contributed by atoms with Crippen LogP contribution >= 0.6 is 0 Å². The van der Waals surface area contributed by atoms with E-state index in [1.807, 2.05) is 0 Å². The summed E-state index contributed by atoms with van der Waals surface area (Å²) in [6.45, 7) is 1.73. The summed E-state index contributed by atoms with van der Waals surface area (Å²) in [7, 11) is 0. The number of carboxylic acid groups (broad SMARTS) is 1. The Morgan fingerprint density at radius 1 is 1.35 bits per heavy atom. The predicted molar refractivity (Wildman–Crippen MR) is 86.7 cm³/mol. The number of anilines is 1. The van der Waals surface area contributed by atoms with Crippen LogP contribution in [0.5, 0.6) is 0 Å². The first-order valence-corrected chi connectivity index (χ1v) is 7.50. The minimum Gasteiger partial charge on any atom is -0.478 e. The molecule has 0 radical (unpaired) electrons. The summed E-state index contributed by atoms with van der Waals surface area (Å²) >= 11 is 0. The van der Waals surface area contributed by atoms with Gasteiger partial charge in [0, 0.05) is 24.2 Å². The van der Waals surface area contributed by atoms with Gasteiger partial charge < -0.3 is 21.5 Å². The topological polar surface area (TPSA) is 117 Å². The molecule has 0 spiro atoms. The van der Waals surface area contributed by atoms with E-state index >= 15 is 0 Å². The number of aromatic carboxylic acids is 1. The molecule has 5 N–H and O–H groups in total. The van der Waals surface area contributed by atoms with Crippen molar-refractivity contribution in [2.45, 2.75) is 18.9 Å². The molecule has 1 atom stereocenters. The van der Waals surface area contributed by atoms with E-state index in [0.717, 1.165) is 25.9 Å². The summed E-state index contributed by atoms with van der Waals surface area (Å²) in [5, 5.41) is 16.6. The number of hydrogen-bond donors (Lipinski definition) is 4. The summed E-state index contributed by atoms with van der Waals surface area (Å²) in [4.78, 5) is 27.2. The Balaban J connectivity index is 2.14. The molecule has 1 saturated heterocycles. The molecule has 0 bridgehead atoms. The Hall–Kier alpha value is -2.67. The van der Waals surface area contributed by atoms with Gasteiger partial charge in [0.1, 0.15) is 5.56 Å². The fourth-order valence-corrected chi connectivity index (χ4v) is 2.92. The fourth-order valence-electron chi connectivity index (χ4n) is 2.92. The van der Waals surface area contributed by atoms with Crippen LogP contribution in [0.3, 0.4) is 0 Å². The summed E-state index contributed by atoms with van der Waals surface area (Å²) in [5.41, 5.74) is 6.65. The van der Waals surface area contributed by atoms with Gasteiger partial charge in [-0.05, 0) is 25.5 Å². The maximum Gasteiger partial charge on any atom is 0.339 e. The number of carbonyl (C=O) groups excluding carboxylic acids is 1. The largest absolute Gasteiger partial charge is 0.478 e. The van der Waals surface area contributed by atoms with Crippen LogP contribution in [0, 0.1) is 0 Å². The molecule has 1 amide bonds. The zero-order valence-corrected chi connectivity index (χ0v) is 12.5. The van der Waals surface area contributed by atoms with Gasteiger partial charge in [0.2, 0.25) is 0 Å². The molecule has 120 valence electrons. The molecule has 23 heavy (non-hydrogen) atoms. The summed E-state index contributed by atoms with van der Waals surface area (Å²) < 4.78 is 0. The third-order valence-corrected chi connectivity index (χ3v) is 4.04. The highest BCUT2D eigenvalue weighted by Gasteiger charge is 2.21. The number of nitrogens with one attached hydrogen (secondary N) is 2. The van der Waals surface area contributed by atoms with Gasteiger partial charge >= 0.3 is 5.97 Å². The minimum absolute atomic E-state index is 0.0877. The van der Waals surface area contributed by atoms with Gasteiger partial charge in [-0.15, -0.1) is 0 Å². The lowest BCUT2D eigenvalue weighted by Gasteiger charge is -2.26. The van der Waals surface area contributed by atoms with E-state index in [2.05, 4.69) is 15.6 Å². The molecule has 7 nitrogen and oxygen atoms in total. The Labute approximate surface area is 132 Å². The number of amides is 1. The van der Waals surface area contributed by atoms with Crippen LogP contribution in [0.15, 0.2) is 24.4 Å². The van der Waals surface area contributed by atoms with Crippen LogP contribution in [0.25, 0.3) is 10.9 Å². The predicted octanol–water partition coefficient (Wildman–Crippen LogP) is 1.20. The van der Waals surface area contributed by atoms with Crippen molar-refractivity contribution in [1.82, 2.24) is 10.3 Å². The lowest BCUT2D eigenvalue weighted by atomic mass is 10.0. The third kappa shape index (κ3) is 2.95. The molecule has 1 fully saturated rings. The number of fused-ring (bicyclic) bond motifs is 1. The van der Waals surface area contributed by atoms with Crippen LogP contribution in [-0.4, -0.2) is 41.1 Å². The Kier molecular flexibility index (Phi) is 4.12. The maximum absolute atomic E-state index is 11.6. The lowest BCUT2D eigenvalue weighted by molar-refractivity contribution is 0.0697. The van der Waals surface area contributed by atoms with E-state index < -0.39 is 11.9 Å². The lowest BCUT2D eigenvalue weighted by Crippen LogP contribution is -2.38. The van der Waals surface area contributed by atoms with Crippen molar-refractivity contribution in [3.8, 4) is 0 Å². The molecule has 3 rings (SSSR count). The van der Waals surface area contributed by atoms with Crippen LogP contribution < -0.4 is 16.4 Å². The number of benzene rings is 1. The molecule has 0 aliphatic carbocycles. The van der Waals surface area contributed by atoms with Crippen LogP contribution in [0.4, 0.5) is 5.69 Å². The number of rotatable bonds is 4. The number of primary amides is 1. The van der Waals surface area contributed by atoms with E-state index in [0.29, 0.717) is 16.6 Å². The van der Waals surface area contributed by atoms with Crippen molar-refractivity contribution in [2.24, 2.45) is 5.73 Å². The van der Waals surface area contributed by atoms with E-state index in [-0.39, 0.29) is 17.2 Å². The van der Waals surface area contributed by atoms with Gasteiger partial charge in [-0.1, -0.05) is 12.1 Å². The van der Waals surface area contributed by atoms with Gasteiger partial charge in [0.25, 0.3) is 5.91 Å². The molecule has 2 heterocycles. The average Bonchev–Trinajstić information content (AvgIpc) is 2.55. The second-order valence-electron chi connectivity index (χ2n) is 5.61. The van der Waals surface area contributed by atoms with Crippen molar-refractivity contribution in [2.75, 3.05) is 18.4 Å². The number of hydrogen-bond acceptors (Lipinski definition) is 5. The first-order valence-electron chi connectivity index (χ1n) is 7.50. The zero-order chi connectivity index (χ0) is 16.4. The highest BCUT2D eigenvalue weighted by atomic mass is 16.4. The molecule has 1 aliphatic rings. The van der Waals surface area contributed by atoms with Crippen LogP contribution in [-0.2, 0) is 0 Å². The van der Waals surface area contributed by atoms with E-state index in [9.17, 15) is 14.7 Å². The number of pyridine rings is 1. The maximum atomic E-state index is 11.6. The Morgan fingerprint density at radius 2 is 2.17 bits per heavy atom. The number of carboxylic acids is 1. The van der Waals surface area contributed by atoms with Gasteiger partial charge in [-0.3, -0.25) is 9.78 Å². The first kappa shape index (κ1) is 15.2. The van der Waals surface area contributed by atoms with E-state index in [1.165, 1.54) is 6.20 Å². The normalized spacial score (nSPS) is 17.8. The molecule has 1 aromatic carbocycles. The number of para-hydroxylation sites is 1. The minimum atomic E-state index is -1.06. The molecule has 1 aromatic heterocycles. The van der Waals surface area contributed by atoms with Crippen molar-refractivity contribution in [3.63, 3.8) is 0 Å². The number of carbonyl (C=O) groups is 2. The van der Waals surface area contributed by atoms with Gasteiger partial charge in [-0.2, -0.15) is 0 Å². The van der Waals surface area contributed by atoms with Crippen LogP contribution in [0.2, 0.25) is 0 Å². The SMILES string of the molecule is NC(=O)c1cccc2c(NC3CCCNC3)c(C(=O)O)cnc12. The summed E-state index contributed by atoms with van der Waals surface area (Å²) in [5.74, 6) is -1.65. The standard InChI is InChI=1S/C16H18N4O3/c17-15(21)11-5-1-4-10-13(11)19-8-12(16(22)23)14(10)20-9-3-2-6-18-7-9/h1,4-5,8-9,18H,2-3,6-7H2,(H2,17,21)(H,19,20)(H,22,23). The average molecular weight is 314 g/mol. The molecule has 2 aromatic rings. The summed E-state index contributed by atoms with van der Waals surface area (Å²) in [6.07, 6.45) is 3.25. The number of nitrogens with two attached hydrogens (primary N) is 1. The quantitative estimate of drug-likeness (QED) is 0.673. The molecular formula is C16H18N4O3. The molecule has 1 unspecified atom stereocenters. The van der Waals surface area contributed by atoms with Gasteiger partial charge in [0.05, 0.1) is 16.8 Å². The smallest absolute Gasteiger partial charge is 0.339 e. The van der Waals surface area contributed by atoms with E-state index in [4.69, 9.17) is 5.73 Å². The second kappa shape index (κ2) is 6.21. The van der Waals surface area contributed by atoms with Crippen molar-refractivity contribution >= 4 is 28.5 Å². The van der Waals surface area contributed by atoms with Crippen molar-refractivity contribution < 1.29 is 14.7 Å². The molecule has 7 heteroatoms. The molecule has 1 aliphatic heterocycles. The Morgan fingerprint density at radius 3 is 2.83 bits per heavy atom. The highest BCUT2D eigenvalue weighted by molar-refractivity contribution is 6.11. The number of piperidine rings is 1. The fraction of sp³-hybridized carbons (Fsp3) is 0.312. The molecule has 0 saturated carbocycles. The van der Waals surface area contributed by atoms with Gasteiger partial charge in [0.15, 0.2) is 0 Å². The monoisotopic (exact) mass is 314 g/mol. The van der Waals surface area contributed by atoms with Crippen LogP contribution in [0.1, 0.15) is 33.6 Å². The first-order chi connectivity index (χ1) is 11.1. The Bertz CT molecular complexity index is 769. The third-order valence-electron chi connectivity index (χ3n) is 4.04. The number of nitrogens with zero attached hydrogens (tertiary/aromatic N) is 1. The second-order valence-corrected chi connectivity index (χ2v) is 5.61. The number of aromatic nitrogens is 1. The van der Waals surface area contributed by atoms with Gasteiger partial charge in [-0.25, -0.2) is 4.79 Å². The zero-order valence-electron chi connectivity index (χ0n) is 12.5.